The van der Waals surface area contributed by atoms with Gasteiger partial charge in [-0.1, -0.05) is 13.8 Å². The molecule has 1 aromatic heterocycles. The van der Waals surface area contributed by atoms with Crippen LogP contribution in [0.4, 0.5) is 4.39 Å². The van der Waals surface area contributed by atoms with Gasteiger partial charge in [-0.3, -0.25) is 4.98 Å². The van der Waals surface area contributed by atoms with Gasteiger partial charge in [0.25, 0.3) is 0 Å². The molecule has 0 spiro atoms. The molecule has 4 heteroatoms. The summed E-state index contributed by atoms with van der Waals surface area (Å²) >= 11 is 0. The SMILES string of the molecule is CCC(C)c1cc(C(=O)O)c2ccc(F)cc2n1. The zero-order valence-corrected chi connectivity index (χ0v) is 10.3. The smallest absolute Gasteiger partial charge is 0.336 e. The summed E-state index contributed by atoms with van der Waals surface area (Å²) in [6.07, 6.45) is 0.854. The largest absolute Gasteiger partial charge is 0.478 e. The van der Waals surface area contributed by atoms with E-state index in [1.165, 1.54) is 18.2 Å². The Balaban J connectivity index is 2.74. The summed E-state index contributed by atoms with van der Waals surface area (Å²) in [5.74, 6) is -1.28. The highest BCUT2D eigenvalue weighted by Gasteiger charge is 2.14. The number of carboxylic acids is 1. The Morgan fingerprint density at radius 2 is 2.17 bits per heavy atom. The molecule has 2 rings (SSSR count). The second kappa shape index (κ2) is 4.72. The molecule has 0 saturated carbocycles. The number of hydrogen-bond acceptors (Lipinski definition) is 2. The molecule has 94 valence electrons. The first kappa shape index (κ1) is 12.5. The first-order valence-corrected chi connectivity index (χ1v) is 5.86. The van der Waals surface area contributed by atoms with Crippen molar-refractivity contribution < 1.29 is 14.3 Å². The standard InChI is InChI=1S/C14H14FNO2/c1-3-8(2)12-7-11(14(17)18)10-5-4-9(15)6-13(10)16-12/h4-8H,3H2,1-2H3,(H,17,18). The lowest BCUT2D eigenvalue weighted by Gasteiger charge is -2.11. The zero-order valence-electron chi connectivity index (χ0n) is 10.3. The Hall–Kier alpha value is -1.97. The summed E-state index contributed by atoms with van der Waals surface area (Å²) in [4.78, 5) is 15.6. The highest BCUT2D eigenvalue weighted by Crippen LogP contribution is 2.24. The third-order valence-electron chi connectivity index (χ3n) is 3.14. The number of fused-ring (bicyclic) bond motifs is 1. The zero-order chi connectivity index (χ0) is 13.3. The van der Waals surface area contributed by atoms with Crippen molar-refractivity contribution in [2.24, 2.45) is 0 Å². The van der Waals surface area contributed by atoms with E-state index < -0.39 is 11.8 Å². The summed E-state index contributed by atoms with van der Waals surface area (Å²) in [5.41, 5.74) is 1.26. The molecule has 18 heavy (non-hydrogen) atoms. The average Bonchev–Trinajstić information content (AvgIpc) is 2.35. The Morgan fingerprint density at radius 3 is 2.78 bits per heavy atom. The highest BCUT2D eigenvalue weighted by molar-refractivity contribution is 6.02. The maximum Gasteiger partial charge on any atom is 0.336 e. The summed E-state index contributed by atoms with van der Waals surface area (Å²) in [6.45, 7) is 3.97. The molecule has 1 atom stereocenters. The Labute approximate surface area is 104 Å². The van der Waals surface area contributed by atoms with Crippen molar-refractivity contribution >= 4 is 16.9 Å². The van der Waals surface area contributed by atoms with Gasteiger partial charge in [0.05, 0.1) is 11.1 Å². The fourth-order valence-corrected chi connectivity index (χ4v) is 1.86. The van der Waals surface area contributed by atoms with Crippen molar-refractivity contribution in [1.29, 1.82) is 0 Å². The molecule has 0 aliphatic carbocycles. The van der Waals surface area contributed by atoms with Crippen LogP contribution < -0.4 is 0 Å². The van der Waals surface area contributed by atoms with E-state index in [0.29, 0.717) is 16.6 Å². The van der Waals surface area contributed by atoms with Crippen molar-refractivity contribution in [2.75, 3.05) is 0 Å². The number of nitrogens with zero attached hydrogens (tertiary/aromatic N) is 1. The van der Waals surface area contributed by atoms with Crippen molar-refractivity contribution in [2.45, 2.75) is 26.2 Å². The van der Waals surface area contributed by atoms with Crippen LogP contribution in [-0.2, 0) is 0 Å². The fraction of sp³-hybridized carbons (Fsp3) is 0.286. The van der Waals surface area contributed by atoms with Gasteiger partial charge in [-0.05, 0) is 30.5 Å². The minimum Gasteiger partial charge on any atom is -0.478 e. The maximum absolute atomic E-state index is 13.2. The molecule has 0 amide bonds. The van der Waals surface area contributed by atoms with E-state index in [1.54, 1.807) is 6.07 Å². The quantitative estimate of drug-likeness (QED) is 0.901. The minimum absolute atomic E-state index is 0.149. The number of carbonyl (C=O) groups is 1. The Bertz CT molecular complexity index is 610. The van der Waals surface area contributed by atoms with Crippen LogP contribution in [0.2, 0.25) is 0 Å². The van der Waals surface area contributed by atoms with Crippen molar-refractivity contribution in [3.05, 3.63) is 41.3 Å². The van der Waals surface area contributed by atoms with Crippen LogP contribution in [0.25, 0.3) is 10.9 Å². The second-order valence-corrected chi connectivity index (χ2v) is 4.37. The molecule has 1 N–H and O–H groups in total. The number of aromatic carboxylic acids is 1. The lowest BCUT2D eigenvalue weighted by Crippen LogP contribution is -2.04. The van der Waals surface area contributed by atoms with Crippen LogP contribution in [0.1, 0.15) is 42.2 Å². The highest BCUT2D eigenvalue weighted by atomic mass is 19.1. The number of carboxylic acid groups (broad SMARTS) is 1. The van der Waals surface area contributed by atoms with Gasteiger partial charge in [-0.15, -0.1) is 0 Å². The molecule has 1 unspecified atom stereocenters. The van der Waals surface area contributed by atoms with Gasteiger partial charge in [0, 0.05) is 17.1 Å². The lowest BCUT2D eigenvalue weighted by atomic mass is 10.00. The van der Waals surface area contributed by atoms with Gasteiger partial charge in [0.15, 0.2) is 0 Å². The van der Waals surface area contributed by atoms with Gasteiger partial charge in [0.1, 0.15) is 5.82 Å². The molecule has 2 aromatic rings. The molecule has 0 radical (unpaired) electrons. The first-order valence-electron chi connectivity index (χ1n) is 5.86. The first-order chi connectivity index (χ1) is 8.52. The number of pyridine rings is 1. The molecule has 0 fully saturated rings. The predicted molar refractivity (Wildman–Crippen MR) is 67.4 cm³/mol. The van der Waals surface area contributed by atoms with E-state index in [1.807, 2.05) is 13.8 Å². The summed E-state index contributed by atoms with van der Waals surface area (Å²) in [7, 11) is 0. The van der Waals surface area contributed by atoms with Crippen molar-refractivity contribution in [1.82, 2.24) is 4.98 Å². The van der Waals surface area contributed by atoms with Gasteiger partial charge in [0.2, 0.25) is 0 Å². The summed E-state index contributed by atoms with van der Waals surface area (Å²) in [5, 5.41) is 9.68. The monoisotopic (exact) mass is 247 g/mol. The van der Waals surface area contributed by atoms with Crippen LogP contribution in [0.3, 0.4) is 0 Å². The minimum atomic E-state index is -1.02. The number of rotatable bonds is 3. The fourth-order valence-electron chi connectivity index (χ4n) is 1.86. The van der Waals surface area contributed by atoms with E-state index in [4.69, 9.17) is 0 Å². The average molecular weight is 247 g/mol. The van der Waals surface area contributed by atoms with Crippen LogP contribution in [0, 0.1) is 5.82 Å². The molecule has 1 heterocycles. The van der Waals surface area contributed by atoms with E-state index in [-0.39, 0.29) is 11.5 Å². The lowest BCUT2D eigenvalue weighted by molar-refractivity contribution is 0.0699. The molecular formula is C14H14FNO2. The third-order valence-corrected chi connectivity index (χ3v) is 3.14. The Kier molecular flexibility index (Phi) is 3.28. The van der Waals surface area contributed by atoms with Crippen molar-refractivity contribution in [3.8, 4) is 0 Å². The molecule has 3 nitrogen and oxygen atoms in total. The molecule has 0 aliphatic heterocycles. The topological polar surface area (TPSA) is 50.2 Å². The number of hydrogen-bond donors (Lipinski definition) is 1. The molecule has 0 bridgehead atoms. The van der Waals surface area contributed by atoms with E-state index in [0.717, 1.165) is 6.42 Å². The molecule has 1 aromatic carbocycles. The van der Waals surface area contributed by atoms with Crippen molar-refractivity contribution in [3.63, 3.8) is 0 Å². The van der Waals surface area contributed by atoms with Crippen LogP contribution in [0.15, 0.2) is 24.3 Å². The molecule has 0 aliphatic rings. The predicted octanol–water partition coefficient (Wildman–Crippen LogP) is 3.59. The van der Waals surface area contributed by atoms with Crippen LogP contribution in [-0.4, -0.2) is 16.1 Å². The normalized spacial score (nSPS) is 12.6. The summed E-state index contributed by atoms with van der Waals surface area (Å²) < 4.78 is 13.2. The van der Waals surface area contributed by atoms with E-state index in [2.05, 4.69) is 4.98 Å². The van der Waals surface area contributed by atoms with Gasteiger partial charge in [-0.2, -0.15) is 0 Å². The number of halogens is 1. The van der Waals surface area contributed by atoms with Crippen LogP contribution in [0.5, 0.6) is 0 Å². The van der Waals surface area contributed by atoms with E-state index >= 15 is 0 Å². The number of aromatic nitrogens is 1. The van der Waals surface area contributed by atoms with E-state index in [9.17, 15) is 14.3 Å². The van der Waals surface area contributed by atoms with Gasteiger partial charge < -0.3 is 5.11 Å². The molecule has 0 saturated heterocycles. The van der Waals surface area contributed by atoms with Gasteiger partial charge >= 0.3 is 5.97 Å². The Morgan fingerprint density at radius 1 is 1.44 bits per heavy atom. The third kappa shape index (κ3) is 2.18. The maximum atomic E-state index is 13.2. The van der Waals surface area contributed by atoms with Gasteiger partial charge in [-0.25, -0.2) is 9.18 Å². The molecular weight excluding hydrogens is 233 g/mol. The number of benzene rings is 1. The van der Waals surface area contributed by atoms with Crippen LogP contribution >= 0.6 is 0 Å². The summed E-state index contributed by atoms with van der Waals surface area (Å²) in [6, 6.07) is 5.56. The second-order valence-electron chi connectivity index (χ2n) is 4.37.